The van der Waals surface area contributed by atoms with Crippen LogP contribution in [0.2, 0.25) is 0 Å². The van der Waals surface area contributed by atoms with E-state index in [1.807, 2.05) is 0 Å². The minimum atomic E-state index is 0.250. The Bertz CT molecular complexity index is 93.9. The largest absolute Gasteiger partial charge is 0.397 e. The highest BCUT2D eigenvalue weighted by molar-refractivity contribution is 4.70. The lowest BCUT2D eigenvalue weighted by Crippen LogP contribution is -1.66. The summed E-state index contributed by atoms with van der Waals surface area (Å²) >= 11 is 0. The standard InChI is InChI=1S/C4H4N2.C2H6O/c1-2-6-4-3-5-1;1-2-3/h1-4H;3H,2H2,1H3. The van der Waals surface area contributed by atoms with Crippen LogP contribution in [0, 0.1) is 0 Å². The molecular weight excluding hydrogens is 116 g/mol. The Labute approximate surface area is 54.4 Å². The molecule has 0 bridgehead atoms. The first-order valence-electron chi connectivity index (χ1n) is 2.72. The van der Waals surface area contributed by atoms with Crippen LogP contribution in [0.25, 0.3) is 0 Å². The number of hydrogen-bond donors (Lipinski definition) is 1. The average molecular weight is 126 g/mol. The van der Waals surface area contributed by atoms with E-state index >= 15 is 0 Å². The van der Waals surface area contributed by atoms with Gasteiger partial charge in [0, 0.05) is 31.4 Å². The topological polar surface area (TPSA) is 46.0 Å². The van der Waals surface area contributed by atoms with Crippen LogP contribution < -0.4 is 0 Å². The Kier molecular flexibility index (Phi) is 6.29. The maximum absolute atomic E-state index is 7.57. The summed E-state index contributed by atoms with van der Waals surface area (Å²) in [5.74, 6) is 0. The van der Waals surface area contributed by atoms with Gasteiger partial charge in [-0.3, -0.25) is 9.97 Å². The summed E-state index contributed by atoms with van der Waals surface area (Å²) < 4.78 is 0. The van der Waals surface area contributed by atoms with Gasteiger partial charge in [-0.05, 0) is 6.92 Å². The van der Waals surface area contributed by atoms with Crippen molar-refractivity contribution in [3.63, 3.8) is 0 Å². The molecule has 0 amide bonds. The van der Waals surface area contributed by atoms with E-state index in [2.05, 4.69) is 9.97 Å². The van der Waals surface area contributed by atoms with E-state index in [1.165, 1.54) is 0 Å². The van der Waals surface area contributed by atoms with Crippen molar-refractivity contribution in [3.8, 4) is 0 Å². The van der Waals surface area contributed by atoms with Gasteiger partial charge in [-0.15, -0.1) is 0 Å². The van der Waals surface area contributed by atoms with Gasteiger partial charge in [0.15, 0.2) is 0 Å². The zero-order valence-electron chi connectivity index (χ0n) is 5.36. The zero-order valence-corrected chi connectivity index (χ0v) is 5.36. The van der Waals surface area contributed by atoms with Crippen LogP contribution in [0.1, 0.15) is 6.92 Å². The lowest BCUT2D eigenvalue weighted by Gasteiger charge is -1.70. The number of aliphatic hydroxyl groups excluding tert-OH is 1. The molecule has 50 valence electrons. The van der Waals surface area contributed by atoms with Crippen molar-refractivity contribution >= 4 is 0 Å². The van der Waals surface area contributed by atoms with Gasteiger partial charge >= 0.3 is 0 Å². The van der Waals surface area contributed by atoms with E-state index in [0.717, 1.165) is 0 Å². The van der Waals surface area contributed by atoms with Crippen LogP contribution in [-0.4, -0.2) is 21.7 Å². The summed E-state index contributed by atoms with van der Waals surface area (Å²) in [6.07, 6.45) is 6.56. The third-order valence-corrected chi connectivity index (χ3v) is 0.478. The van der Waals surface area contributed by atoms with Gasteiger partial charge in [0.2, 0.25) is 0 Å². The maximum atomic E-state index is 7.57. The zero-order chi connectivity index (χ0) is 6.95. The second kappa shape index (κ2) is 7.04. The minimum Gasteiger partial charge on any atom is -0.397 e. The number of rotatable bonds is 0. The maximum Gasteiger partial charge on any atom is 0.0451 e. The SMILES string of the molecule is CCO.c1cnccn1. The summed E-state index contributed by atoms with van der Waals surface area (Å²) in [4.78, 5) is 7.44. The van der Waals surface area contributed by atoms with E-state index in [9.17, 15) is 0 Å². The summed E-state index contributed by atoms with van der Waals surface area (Å²) in [5.41, 5.74) is 0. The van der Waals surface area contributed by atoms with Crippen molar-refractivity contribution in [1.29, 1.82) is 0 Å². The van der Waals surface area contributed by atoms with Crippen molar-refractivity contribution in [2.75, 3.05) is 6.61 Å². The summed E-state index contributed by atoms with van der Waals surface area (Å²) in [5, 5.41) is 7.57. The molecule has 0 aliphatic rings. The average Bonchev–Trinajstić information content (AvgIpc) is 1.93. The molecule has 1 N–H and O–H groups in total. The first kappa shape index (κ1) is 8.04. The van der Waals surface area contributed by atoms with Gasteiger partial charge in [-0.1, -0.05) is 0 Å². The van der Waals surface area contributed by atoms with Crippen LogP contribution >= 0.6 is 0 Å². The van der Waals surface area contributed by atoms with Crippen molar-refractivity contribution in [2.45, 2.75) is 6.92 Å². The number of nitrogens with zero attached hydrogens (tertiary/aromatic N) is 2. The fraction of sp³-hybridized carbons (Fsp3) is 0.333. The summed E-state index contributed by atoms with van der Waals surface area (Å²) in [6.45, 7) is 1.93. The molecule has 1 aromatic rings. The molecule has 3 heteroatoms. The second-order valence-electron chi connectivity index (χ2n) is 1.21. The van der Waals surface area contributed by atoms with Crippen LogP contribution in [0.3, 0.4) is 0 Å². The van der Waals surface area contributed by atoms with Gasteiger partial charge in [0.25, 0.3) is 0 Å². The molecule has 1 aromatic heterocycles. The van der Waals surface area contributed by atoms with Crippen molar-refractivity contribution in [3.05, 3.63) is 24.8 Å². The van der Waals surface area contributed by atoms with Crippen molar-refractivity contribution in [2.24, 2.45) is 0 Å². The van der Waals surface area contributed by atoms with E-state index in [-0.39, 0.29) is 6.61 Å². The first-order chi connectivity index (χ1) is 4.41. The molecule has 3 nitrogen and oxygen atoms in total. The second-order valence-corrected chi connectivity index (χ2v) is 1.21. The lowest BCUT2D eigenvalue weighted by molar-refractivity contribution is 0.318. The predicted molar refractivity (Wildman–Crippen MR) is 34.8 cm³/mol. The van der Waals surface area contributed by atoms with E-state index < -0.39 is 0 Å². The lowest BCUT2D eigenvalue weighted by atomic mass is 10.8. The fourth-order valence-electron chi connectivity index (χ4n) is 0.253. The Morgan fingerprint density at radius 3 is 1.44 bits per heavy atom. The quantitative estimate of drug-likeness (QED) is 0.549. The molecule has 0 unspecified atom stereocenters. The highest BCUT2D eigenvalue weighted by Crippen LogP contribution is 1.65. The van der Waals surface area contributed by atoms with Crippen molar-refractivity contribution in [1.82, 2.24) is 9.97 Å². The third kappa shape index (κ3) is 7.04. The molecule has 0 saturated carbocycles. The molecular formula is C6H10N2O. The molecule has 0 aliphatic heterocycles. The van der Waals surface area contributed by atoms with E-state index in [0.29, 0.717) is 0 Å². The van der Waals surface area contributed by atoms with Gasteiger partial charge in [-0.2, -0.15) is 0 Å². The molecule has 0 spiro atoms. The normalized spacial score (nSPS) is 7.33. The van der Waals surface area contributed by atoms with Gasteiger partial charge in [0.05, 0.1) is 0 Å². The molecule has 0 aliphatic carbocycles. The Morgan fingerprint density at radius 2 is 1.33 bits per heavy atom. The number of aliphatic hydroxyl groups is 1. The Morgan fingerprint density at radius 1 is 1.11 bits per heavy atom. The molecule has 0 fully saturated rings. The van der Waals surface area contributed by atoms with E-state index in [1.54, 1.807) is 31.7 Å². The molecule has 9 heavy (non-hydrogen) atoms. The highest BCUT2D eigenvalue weighted by atomic mass is 16.2. The Balaban J connectivity index is 0.000000187. The van der Waals surface area contributed by atoms with Crippen LogP contribution in [0.5, 0.6) is 0 Å². The predicted octanol–water partition coefficient (Wildman–Crippen LogP) is 0.475. The van der Waals surface area contributed by atoms with E-state index in [4.69, 9.17) is 5.11 Å². The summed E-state index contributed by atoms with van der Waals surface area (Å²) in [7, 11) is 0. The van der Waals surface area contributed by atoms with Gasteiger partial charge in [-0.25, -0.2) is 0 Å². The smallest absolute Gasteiger partial charge is 0.0451 e. The van der Waals surface area contributed by atoms with Crippen LogP contribution in [0.15, 0.2) is 24.8 Å². The van der Waals surface area contributed by atoms with Crippen LogP contribution in [0.4, 0.5) is 0 Å². The molecule has 0 aromatic carbocycles. The molecule has 0 radical (unpaired) electrons. The molecule has 0 atom stereocenters. The molecule has 0 saturated heterocycles. The number of aromatic nitrogens is 2. The third-order valence-electron chi connectivity index (χ3n) is 0.478. The molecule has 1 rings (SSSR count). The van der Waals surface area contributed by atoms with Gasteiger partial charge < -0.3 is 5.11 Å². The monoisotopic (exact) mass is 126 g/mol. The first-order valence-corrected chi connectivity index (χ1v) is 2.72. The number of hydrogen-bond acceptors (Lipinski definition) is 3. The molecule has 1 heterocycles. The van der Waals surface area contributed by atoms with Gasteiger partial charge in [0.1, 0.15) is 0 Å². The highest BCUT2D eigenvalue weighted by Gasteiger charge is 1.59. The van der Waals surface area contributed by atoms with Crippen molar-refractivity contribution < 1.29 is 5.11 Å². The Hall–Kier alpha value is -0.960. The van der Waals surface area contributed by atoms with Crippen LogP contribution in [-0.2, 0) is 0 Å². The summed E-state index contributed by atoms with van der Waals surface area (Å²) in [6, 6.07) is 0. The fourth-order valence-corrected chi connectivity index (χ4v) is 0.253. The minimum absolute atomic E-state index is 0.250.